The van der Waals surface area contributed by atoms with E-state index in [2.05, 4.69) is 11.4 Å². The lowest BCUT2D eigenvalue weighted by molar-refractivity contribution is -0.127. The van der Waals surface area contributed by atoms with Crippen LogP contribution >= 0.6 is 0 Å². The van der Waals surface area contributed by atoms with Crippen LogP contribution in [0.4, 0.5) is 0 Å². The van der Waals surface area contributed by atoms with Crippen LogP contribution in [0.3, 0.4) is 0 Å². The lowest BCUT2D eigenvalue weighted by Gasteiger charge is -2.31. The number of likely N-dealkylation sites (tertiary alicyclic amines) is 1. The van der Waals surface area contributed by atoms with E-state index in [0.717, 1.165) is 31.2 Å². The van der Waals surface area contributed by atoms with Crippen molar-refractivity contribution in [2.45, 2.75) is 38.6 Å². The van der Waals surface area contributed by atoms with Gasteiger partial charge in [0.25, 0.3) is 0 Å². The first kappa shape index (κ1) is 15.8. The molecule has 1 aliphatic carbocycles. The number of amides is 2. The van der Waals surface area contributed by atoms with Gasteiger partial charge in [0.05, 0.1) is 0 Å². The van der Waals surface area contributed by atoms with E-state index in [-0.39, 0.29) is 23.8 Å². The fourth-order valence-electron chi connectivity index (χ4n) is 2.96. The van der Waals surface area contributed by atoms with Gasteiger partial charge in [-0.25, -0.2) is 0 Å². The number of aryl methyl sites for hydroxylation is 1. The molecule has 0 aromatic heterocycles. The zero-order valence-corrected chi connectivity index (χ0v) is 13.6. The maximum absolute atomic E-state index is 12.3. The van der Waals surface area contributed by atoms with Crippen molar-refractivity contribution in [3.05, 3.63) is 41.5 Å². The van der Waals surface area contributed by atoms with Gasteiger partial charge in [0.15, 0.2) is 0 Å². The molecule has 1 heterocycles. The summed E-state index contributed by atoms with van der Waals surface area (Å²) in [5.41, 5.74) is 2.23. The van der Waals surface area contributed by atoms with Crippen LogP contribution in [0.25, 0.3) is 6.08 Å². The molecular weight excluding hydrogens is 288 g/mol. The SMILES string of the molecule is Cc1cccc(/C=C/C(=O)N2CCC(NC(=O)C3CC3)CC2)c1. The van der Waals surface area contributed by atoms with Crippen LogP contribution in [-0.2, 0) is 9.59 Å². The quantitative estimate of drug-likeness (QED) is 0.869. The number of piperidine rings is 1. The Bertz CT molecular complexity index is 612. The summed E-state index contributed by atoms with van der Waals surface area (Å²) in [6, 6.07) is 8.32. The molecule has 1 aliphatic heterocycles. The highest BCUT2D eigenvalue weighted by molar-refractivity contribution is 5.91. The van der Waals surface area contributed by atoms with Gasteiger partial charge < -0.3 is 10.2 Å². The molecule has 2 amide bonds. The molecule has 2 fully saturated rings. The van der Waals surface area contributed by atoms with Crippen LogP contribution in [0.1, 0.15) is 36.8 Å². The second-order valence-corrected chi connectivity index (χ2v) is 6.63. The first-order valence-corrected chi connectivity index (χ1v) is 8.46. The van der Waals surface area contributed by atoms with Gasteiger partial charge in [-0.15, -0.1) is 0 Å². The van der Waals surface area contributed by atoms with E-state index in [4.69, 9.17) is 0 Å². The number of benzene rings is 1. The third kappa shape index (κ3) is 4.44. The second-order valence-electron chi connectivity index (χ2n) is 6.63. The molecule has 0 bridgehead atoms. The van der Waals surface area contributed by atoms with Crippen molar-refractivity contribution in [1.29, 1.82) is 0 Å². The van der Waals surface area contributed by atoms with Crippen LogP contribution in [-0.4, -0.2) is 35.8 Å². The second kappa shape index (κ2) is 6.99. The Morgan fingerprint density at radius 3 is 2.57 bits per heavy atom. The number of nitrogens with zero attached hydrogens (tertiary/aromatic N) is 1. The molecule has 1 aromatic carbocycles. The molecular formula is C19H24N2O2. The first-order valence-electron chi connectivity index (χ1n) is 8.46. The molecule has 1 saturated carbocycles. The van der Waals surface area contributed by atoms with Gasteiger partial charge in [0.2, 0.25) is 11.8 Å². The van der Waals surface area contributed by atoms with Crippen LogP contribution in [0, 0.1) is 12.8 Å². The van der Waals surface area contributed by atoms with Crippen LogP contribution < -0.4 is 5.32 Å². The fourth-order valence-corrected chi connectivity index (χ4v) is 2.96. The smallest absolute Gasteiger partial charge is 0.246 e. The molecule has 4 heteroatoms. The molecule has 0 radical (unpaired) electrons. The van der Waals surface area contributed by atoms with Crippen molar-refractivity contribution in [3.8, 4) is 0 Å². The highest BCUT2D eigenvalue weighted by Crippen LogP contribution is 2.29. The number of rotatable bonds is 4. The minimum Gasteiger partial charge on any atom is -0.353 e. The van der Waals surface area contributed by atoms with E-state index >= 15 is 0 Å². The monoisotopic (exact) mass is 312 g/mol. The predicted octanol–water partition coefficient (Wildman–Crippen LogP) is 2.53. The Morgan fingerprint density at radius 2 is 1.91 bits per heavy atom. The van der Waals surface area contributed by atoms with Gasteiger partial charge in [0.1, 0.15) is 0 Å². The van der Waals surface area contributed by atoms with E-state index in [1.54, 1.807) is 6.08 Å². The third-order valence-electron chi connectivity index (χ3n) is 4.56. The molecule has 0 unspecified atom stereocenters. The zero-order valence-electron chi connectivity index (χ0n) is 13.6. The summed E-state index contributed by atoms with van der Waals surface area (Å²) in [5.74, 6) is 0.513. The van der Waals surface area contributed by atoms with E-state index in [1.165, 1.54) is 5.56 Å². The largest absolute Gasteiger partial charge is 0.353 e. The molecule has 23 heavy (non-hydrogen) atoms. The van der Waals surface area contributed by atoms with Gasteiger partial charge in [-0.3, -0.25) is 9.59 Å². The molecule has 0 spiro atoms. The van der Waals surface area contributed by atoms with Gasteiger partial charge in [-0.2, -0.15) is 0 Å². The van der Waals surface area contributed by atoms with Crippen molar-refractivity contribution in [2.24, 2.45) is 5.92 Å². The van der Waals surface area contributed by atoms with Crippen LogP contribution in [0.2, 0.25) is 0 Å². The van der Waals surface area contributed by atoms with E-state index in [9.17, 15) is 9.59 Å². The highest BCUT2D eigenvalue weighted by atomic mass is 16.2. The topological polar surface area (TPSA) is 49.4 Å². The summed E-state index contributed by atoms with van der Waals surface area (Å²) in [6.07, 6.45) is 7.29. The van der Waals surface area contributed by atoms with E-state index in [1.807, 2.05) is 36.1 Å². The maximum Gasteiger partial charge on any atom is 0.246 e. The Hall–Kier alpha value is -2.10. The molecule has 4 nitrogen and oxygen atoms in total. The van der Waals surface area contributed by atoms with Gasteiger partial charge in [-0.05, 0) is 44.2 Å². The molecule has 0 atom stereocenters. The highest BCUT2D eigenvalue weighted by Gasteiger charge is 2.32. The Kier molecular flexibility index (Phi) is 4.79. The van der Waals surface area contributed by atoms with Crippen molar-refractivity contribution in [3.63, 3.8) is 0 Å². The number of hydrogen-bond donors (Lipinski definition) is 1. The molecule has 1 aromatic rings. The number of hydrogen-bond acceptors (Lipinski definition) is 2. The van der Waals surface area contributed by atoms with Crippen molar-refractivity contribution >= 4 is 17.9 Å². The lowest BCUT2D eigenvalue weighted by atomic mass is 10.0. The third-order valence-corrected chi connectivity index (χ3v) is 4.56. The summed E-state index contributed by atoms with van der Waals surface area (Å²) < 4.78 is 0. The summed E-state index contributed by atoms with van der Waals surface area (Å²) in [4.78, 5) is 25.9. The lowest BCUT2D eigenvalue weighted by Crippen LogP contribution is -2.46. The number of nitrogens with one attached hydrogen (secondary N) is 1. The molecule has 2 aliphatic rings. The predicted molar refractivity (Wildman–Crippen MR) is 90.7 cm³/mol. The average Bonchev–Trinajstić information content (AvgIpc) is 3.38. The number of carbonyl (C=O) groups is 2. The average molecular weight is 312 g/mol. The normalized spacial score (nSPS) is 19.1. The first-order chi connectivity index (χ1) is 11.1. The van der Waals surface area contributed by atoms with Crippen LogP contribution in [0.5, 0.6) is 0 Å². The molecule has 1 saturated heterocycles. The van der Waals surface area contributed by atoms with Crippen LogP contribution in [0.15, 0.2) is 30.3 Å². The zero-order chi connectivity index (χ0) is 16.2. The minimum absolute atomic E-state index is 0.0541. The van der Waals surface area contributed by atoms with Gasteiger partial charge in [-0.1, -0.05) is 29.8 Å². The Morgan fingerprint density at radius 1 is 1.17 bits per heavy atom. The maximum atomic E-state index is 12.3. The fraction of sp³-hybridized carbons (Fsp3) is 0.474. The van der Waals surface area contributed by atoms with Crippen molar-refractivity contribution in [1.82, 2.24) is 10.2 Å². The van der Waals surface area contributed by atoms with E-state index in [0.29, 0.717) is 13.1 Å². The molecule has 122 valence electrons. The number of carbonyl (C=O) groups excluding carboxylic acids is 2. The summed E-state index contributed by atoms with van der Waals surface area (Å²) in [6.45, 7) is 3.47. The molecule has 1 N–H and O–H groups in total. The summed E-state index contributed by atoms with van der Waals surface area (Å²) >= 11 is 0. The Labute approximate surface area is 137 Å². The van der Waals surface area contributed by atoms with Crippen molar-refractivity contribution < 1.29 is 9.59 Å². The summed E-state index contributed by atoms with van der Waals surface area (Å²) in [7, 11) is 0. The van der Waals surface area contributed by atoms with Gasteiger partial charge in [0, 0.05) is 31.1 Å². The summed E-state index contributed by atoms with van der Waals surface area (Å²) in [5, 5.41) is 3.11. The van der Waals surface area contributed by atoms with E-state index < -0.39 is 0 Å². The van der Waals surface area contributed by atoms with Crippen molar-refractivity contribution in [2.75, 3.05) is 13.1 Å². The standard InChI is InChI=1S/C19H24N2O2/c1-14-3-2-4-15(13-14)5-8-18(22)21-11-9-17(10-12-21)20-19(23)16-6-7-16/h2-5,8,13,16-17H,6-7,9-12H2,1H3,(H,20,23)/b8-5+. The van der Waals surface area contributed by atoms with Gasteiger partial charge >= 0.3 is 0 Å². The Balaban J connectivity index is 1.47. The minimum atomic E-state index is 0.0541. The molecule has 3 rings (SSSR count).